The quantitative estimate of drug-likeness (QED) is 0.840. The number of nitrogens with zero attached hydrogens (tertiary/aromatic N) is 1. The normalized spacial score (nSPS) is 37.4. The fourth-order valence-electron chi connectivity index (χ4n) is 4.96. The predicted octanol–water partition coefficient (Wildman–Crippen LogP) is 2.78. The summed E-state index contributed by atoms with van der Waals surface area (Å²) in [4.78, 5) is 15.0. The molecule has 2 N–H and O–H groups in total. The van der Waals surface area contributed by atoms with Crippen LogP contribution in [-0.2, 0) is 0 Å². The highest BCUT2D eigenvalue weighted by molar-refractivity contribution is 5.74. The molecule has 0 aromatic rings. The van der Waals surface area contributed by atoms with Crippen LogP contribution in [0.3, 0.4) is 0 Å². The van der Waals surface area contributed by atoms with Crippen molar-refractivity contribution in [2.24, 2.45) is 0 Å². The van der Waals surface area contributed by atoms with E-state index in [9.17, 15) is 4.79 Å². The maximum atomic E-state index is 12.2. The number of fused-ring (bicyclic) bond motifs is 2. The lowest BCUT2D eigenvalue weighted by Crippen LogP contribution is -2.54. The van der Waals surface area contributed by atoms with Gasteiger partial charge in [0.2, 0.25) is 0 Å². The molecule has 2 unspecified atom stereocenters. The van der Waals surface area contributed by atoms with Gasteiger partial charge in [-0.25, -0.2) is 4.79 Å². The van der Waals surface area contributed by atoms with Crippen LogP contribution in [0, 0.1) is 0 Å². The summed E-state index contributed by atoms with van der Waals surface area (Å²) in [7, 11) is 0. The van der Waals surface area contributed by atoms with E-state index in [0.29, 0.717) is 12.1 Å². The highest BCUT2D eigenvalue weighted by atomic mass is 16.2. The van der Waals surface area contributed by atoms with E-state index in [-0.39, 0.29) is 6.03 Å². The van der Waals surface area contributed by atoms with E-state index < -0.39 is 0 Å². The summed E-state index contributed by atoms with van der Waals surface area (Å²) in [5.74, 6) is 0. The number of urea groups is 1. The van der Waals surface area contributed by atoms with Gasteiger partial charge in [-0.15, -0.1) is 0 Å². The molecule has 4 aliphatic rings. The van der Waals surface area contributed by atoms with Crippen LogP contribution in [0.15, 0.2) is 0 Å². The molecular weight excluding hydrogens is 262 g/mol. The van der Waals surface area contributed by atoms with Gasteiger partial charge in [0.05, 0.1) is 0 Å². The van der Waals surface area contributed by atoms with Gasteiger partial charge < -0.3 is 10.6 Å². The molecule has 2 heterocycles. The summed E-state index contributed by atoms with van der Waals surface area (Å²) >= 11 is 0. The van der Waals surface area contributed by atoms with Gasteiger partial charge in [-0.05, 0) is 51.4 Å². The minimum absolute atomic E-state index is 0.0890. The lowest BCUT2D eigenvalue weighted by atomic mass is 9.95. The van der Waals surface area contributed by atoms with Gasteiger partial charge in [0.1, 0.15) is 0 Å². The van der Waals surface area contributed by atoms with Crippen LogP contribution < -0.4 is 10.6 Å². The third-order valence-corrected chi connectivity index (χ3v) is 6.03. The molecule has 4 nitrogen and oxygen atoms in total. The van der Waals surface area contributed by atoms with Crippen molar-refractivity contribution in [1.29, 1.82) is 0 Å². The van der Waals surface area contributed by atoms with Gasteiger partial charge in [0, 0.05) is 30.2 Å². The Bertz CT molecular complexity index is 375. The van der Waals surface area contributed by atoms with Gasteiger partial charge in [-0.3, -0.25) is 4.90 Å². The third kappa shape index (κ3) is 3.05. The smallest absolute Gasteiger partial charge is 0.315 e. The average molecular weight is 291 g/mol. The van der Waals surface area contributed by atoms with Crippen molar-refractivity contribution in [2.75, 3.05) is 0 Å². The Morgan fingerprint density at radius 2 is 1.29 bits per heavy atom. The zero-order valence-electron chi connectivity index (χ0n) is 13.0. The highest BCUT2D eigenvalue weighted by Crippen LogP contribution is 2.43. The first-order valence-corrected chi connectivity index (χ1v) is 9.14. The van der Waals surface area contributed by atoms with Crippen molar-refractivity contribution < 1.29 is 4.79 Å². The second-order valence-electron chi connectivity index (χ2n) is 7.68. The Kier molecular flexibility index (Phi) is 3.82. The summed E-state index contributed by atoms with van der Waals surface area (Å²) in [5.41, 5.74) is 0. The molecule has 2 saturated carbocycles. The molecule has 2 bridgehead atoms. The van der Waals surface area contributed by atoms with Crippen molar-refractivity contribution in [3.8, 4) is 0 Å². The number of hydrogen-bond donors (Lipinski definition) is 2. The Morgan fingerprint density at radius 3 is 1.90 bits per heavy atom. The first-order chi connectivity index (χ1) is 10.3. The van der Waals surface area contributed by atoms with Crippen molar-refractivity contribution in [3.05, 3.63) is 0 Å². The molecule has 2 aliphatic heterocycles. The van der Waals surface area contributed by atoms with Crippen LogP contribution in [0.5, 0.6) is 0 Å². The number of carbonyl (C=O) groups excluding carboxylic acids is 1. The zero-order chi connectivity index (χ0) is 14.2. The predicted molar refractivity (Wildman–Crippen MR) is 83.2 cm³/mol. The molecule has 2 atom stereocenters. The van der Waals surface area contributed by atoms with E-state index in [0.717, 1.165) is 18.1 Å². The summed E-state index contributed by atoms with van der Waals surface area (Å²) < 4.78 is 0. The minimum atomic E-state index is 0.0890. The zero-order valence-corrected chi connectivity index (χ0v) is 13.0. The second kappa shape index (κ2) is 5.79. The SMILES string of the molecule is O=C(NC1CCCCC1)NC1CC2CCC(C1)N2C1CC1. The van der Waals surface area contributed by atoms with Crippen LogP contribution in [0.2, 0.25) is 0 Å². The Labute approximate surface area is 128 Å². The number of rotatable bonds is 3. The molecule has 0 aromatic heterocycles. The van der Waals surface area contributed by atoms with E-state index >= 15 is 0 Å². The molecule has 118 valence electrons. The van der Waals surface area contributed by atoms with Crippen LogP contribution >= 0.6 is 0 Å². The number of carbonyl (C=O) groups is 1. The number of nitrogens with one attached hydrogen (secondary N) is 2. The van der Waals surface area contributed by atoms with Gasteiger partial charge >= 0.3 is 6.03 Å². The largest absolute Gasteiger partial charge is 0.335 e. The number of piperidine rings is 1. The van der Waals surface area contributed by atoms with Crippen LogP contribution in [0.4, 0.5) is 4.79 Å². The molecule has 21 heavy (non-hydrogen) atoms. The Morgan fingerprint density at radius 1 is 0.714 bits per heavy atom. The van der Waals surface area contributed by atoms with E-state index in [1.165, 1.54) is 70.6 Å². The van der Waals surface area contributed by atoms with Gasteiger partial charge in [-0.1, -0.05) is 19.3 Å². The number of amides is 2. The van der Waals surface area contributed by atoms with Crippen LogP contribution in [0.1, 0.15) is 70.6 Å². The van der Waals surface area contributed by atoms with E-state index in [1.54, 1.807) is 0 Å². The molecule has 2 aliphatic carbocycles. The van der Waals surface area contributed by atoms with Gasteiger partial charge in [0.25, 0.3) is 0 Å². The Balaban J connectivity index is 1.27. The monoisotopic (exact) mass is 291 g/mol. The van der Waals surface area contributed by atoms with Crippen LogP contribution in [0.25, 0.3) is 0 Å². The molecule has 4 heteroatoms. The average Bonchev–Trinajstić information content (AvgIpc) is 3.27. The summed E-state index contributed by atoms with van der Waals surface area (Å²) in [6.45, 7) is 0. The topological polar surface area (TPSA) is 44.4 Å². The molecule has 2 amide bonds. The van der Waals surface area contributed by atoms with Gasteiger partial charge in [0.15, 0.2) is 0 Å². The van der Waals surface area contributed by atoms with Gasteiger partial charge in [-0.2, -0.15) is 0 Å². The summed E-state index contributed by atoms with van der Waals surface area (Å²) in [5, 5.41) is 6.47. The Hall–Kier alpha value is -0.770. The fraction of sp³-hybridized carbons (Fsp3) is 0.941. The maximum Gasteiger partial charge on any atom is 0.315 e. The lowest BCUT2D eigenvalue weighted by Gasteiger charge is -2.39. The number of hydrogen-bond acceptors (Lipinski definition) is 2. The van der Waals surface area contributed by atoms with E-state index in [2.05, 4.69) is 15.5 Å². The standard InChI is InChI=1S/C17H29N3O/c21-17(18-12-4-2-1-3-5-12)19-13-10-15-8-9-16(11-13)20(15)14-6-7-14/h12-16H,1-11H2,(H2,18,19,21). The van der Waals surface area contributed by atoms with Crippen molar-refractivity contribution in [2.45, 2.75) is 101 Å². The lowest BCUT2D eigenvalue weighted by molar-refractivity contribution is 0.110. The molecule has 4 rings (SSSR count). The maximum absolute atomic E-state index is 12.2. The van der Waals surface area contributed by atoms with Crippen LogP contribution in [-0.4, -0.2) is 41.1 Å². The van der Waals surface area contributed by atoms with E-state index in [1.807, 2.05) is 0 Å². The first-order valence-electron chi connectivity index (χ1n) is 9.14. The highest BCUT2D eigenvalue weighted by Gasteiger charge is 2.47. The molecule has 0 radical (unpaired) electrons. The second-order valence-corrected chi connectivity index (χ2v) is 7.68. The summed E-state index contributed by atoms with van der Waals surface area (Å²) in [6, 6.07) is 3.29. The van der Waals surface area contributed by atoms with Crippen molar-refractivity contribution in [3.63, 3.8) is 0 Å². The van der Waals surface area contributed by atoms with E-state index in [4.69, 9.17) is 0 Å². The molecule has 0 spiro atoms. The fourth-order valence-corrected chi connectivity index (χ4v) is 4.96. The molecular formula is C17H29N3O. The first kappa shape index (κ1) is 13.9. The summed E-state index contributed by atoms with van der Waals surface area (Å²) in [6.07, 6.45) is 14.1. The minimum Gasteiger partial charge on any atom is -0.335 e. The molecule has 4 fully saturated rings. The van der Waals surface area contributed by atoms with Crippen molar-refractivity contribution in [1.82, 2.24) is 15.5 Å². The molecule has 2 saturated heterocycles. The molecule has 0 aromatic carbocycles. The third-order valence-electron chi connectivity index (χ3n) is 6.03. The van der Waals surface area contributed by atoms with Crippen molar-refractivity contribution >= 4 is 6.03 Å².